The largest absolute Gasteiger partial charge is 0.492 e. The molecule has 1 aromatic rings. The third-order valence-electron chi connectivity index (χ3n) is 3.14. The van der Waals surface area contributed by atoms with Crippen LogP contribution in [0.25, 0.3) is 0 Å². The van der Waals surface area contributed by atoms with Crippen molar-refractivity contribution in [3.63, 3.8) is 0 Å². The Hall–Kier alpha value is -1.09. The molecular formula is C13H19NO2. The van der Waals surface area contributed by atoms with Crippen LogP contribution >= 0.6 is 0 Å². The van der Waals surface area contributed by atoms with Crippen molar-refractivity contribution in [2.24, 2.45) is 5.92 Å². The number of pyridine rings is 1. The number of ether oxygens (including phenoxy) is 1. The molecule has 1 fully saturated rings. The Morgan fingerprint density at radius 2 is 2.25 bits per heavy atom. The molecule has 1 aromatic heterocycles. The highest BCUT2D eigenvalue weighted by Crippen LogP contribution is 2.45. The fraction of sp³-hybridized carbons (Fsp3) is 0.615. The van der Waals surface area contributed by atoms with Crippen molar-refractivity contribution in [2.45, 2.75) is 38.7 Å². The number of nitrogens with zero attached hydrogens (tertiary/aromatic N) is 1. The molecule has 0 saturated heterocycles. The fourth-order valence-corrected chi connectivity index (χ4v) is 1.88. The van der Waals surface area contributed by atoms with Crippen molar-refractivity contribution in [3.8, 4) is 5.75 Å². The van der Waals surface area contributed by atoms with E-state index in [4.69, 9.17) is 4.74 Å². The van der Waals surface area contributed by atoms with E-state index >= 15 is 0 Å². The lowest BCUT2D eigenvalue weighted by Crippen LogP contribution is -2.24. The van der Waals surface area contributed by atoms with E-state index in [1.807, 2.05) is 13.0 Å². The molecule has 1 aliphatic carbocycles. The number of rotatable bonds is 5. The molecule has 88 valence electrons. The number of hydrogen-bond donors (Lipinski definition) is 1. The molecule has 1 aliphatic rings. The zero-order valence-corrected chi connectivity index (χ0v) is 9.94. The average Bonchev–Trinajstić information content (AvgIpc) is 3.11. The van der Waals surface area contributed by atoms with Crippen LogP contribution < -0.4 is 4.74 Å². The highest BCUT2D eigenvalue weighted by Gasteiger charge is 2.41. The molecule has 3 heteroatoms. The van der Waals surface area contributed by atoms with Gasteiger partial charge in [0.1, 0.15) is 5.75 Å². The highest BCUT2D eigenvalue weighted by atomic mass is 16.5. The minimum Gasteiger partial charge on any atom is -0.492 e. The topological polar surface area (TPSA) is 42.4 Å². The van der Waals surface area contributed by atoms with E-state index in [9.17, 15) is 5.11 Å². The Labute approximate surface area is 96.5 Å². The SMILES string of the molecule is CCCOc1cncc(C(C)(O)C2CC2)c1. The molecule has 0 amide bonds. The van der Waals surface area contributed by atoms with Crippen LogP contribution in [0.1, 0.15) is 38.7 Å². The van der Waals surface area contributed by atoms with Crippen LogP contribution in [0.5, 0.6) is 5.75 Å². The van der Waals surface area contributed by atoms with Gasteiger partial charge in [-0.15, -0.1) is 0 Å². The summed E-state index contributed by atoms with van der Waals surface area (Å²) in [6.07, 6.45) is 6.61. The van der Waals surface area contributed by atoms with Crippen molar-refractivity contribution in [1.29, 1.82) is 0 Å². The standard InChI is InChI=1S/C13H19NO2/c1-3-6-16-12-7-11(8-14-9-12)13(2,15)10-4-5-10/h7-10,15H,3-6H2,1-2H3. The van der Waals surface area contributed by atoms with Gasteiger partial charge in [0.25, 0.3) is 0 Å². The van der Waals surface area contributed by atoms with Crippen molar-refractivity contribution >= 4 is 0 Å². The number of hydrogen-bond acceptors (Lipinski definition) is 3. The van der Waals surface area contributed by atoms with Crippen LogP contribution in [0.15, 0.2) is 18.5 Å². The van der Waals surface area contributed by atoms with Crippen molar-refractivity contribution in [2.75, 3.05) is 6.61 Å². The third kappa shape index (κ3) is 2.35. The van der Waals surface area contributed by atoms with E-state index in [-0.39, 0.29) is 0 Å². The van der Waals surface area contributed by atoms with Gasteiger partial charge in [-0.05, 0) is 38.2 Å². The summed E-state index contributed by atoms with van der Waals surface area (Å²) in [6.45, 7) is 4.62. The molecule has 0 aliphatic heterocycles. The van der Waals surface area contributed by atoms with Crippen LogP contribution in [0.4, 0.5) is 0 Å². The van der Waals surface area contributed by atoms with Crippen LogP contribution in [-0.4, -0.2) is 16.7 Å². The normalized spacial score (nSPS) is 19.2. The molecule has 3 nitrogen and oxygen atoms in total. The Balaban J connectivity index is 2.14. The molecule has 1 N–H and O–H groups in total. The highest BCUT2D eigenvalue weighted by molar-refractivity contribution is 5.29. The lowest BCUT2D eigenvalue weighted by Gasteiger charge is -2.23. The van der Waals surface area contributed by atoms with Crippen molar-refractivity contribution in [3.05, 3.63) is 24.0 Å². The number of aromatic nitrogens is 1. The maximum Gasteiger partial charge on any atom is 0.137 e. The van der Waals surface area contributed by atoms with Gasteiger partial charge in [-0.1, -0.05) is 6.92 Å². The molecule has 0 radical (unpaired) electrons. The lowest BCUT2D eigenvalue weighted by atomic mass is 9.92. The molecule has 1 unspecified atom stereocenters. The van der Waals surface area contributed by atoms with E-state index < -0.39 is 5.60 Å². The maximum absolute atomic E-state index is 10.4. The number of aliphatic hydroxyl groups is 1. The first-order chi connectivity index (χ1) is 7.64. The second-order valence-corrected chi connectivity index (χ2v) is 4.68. The van der Waals surface area contributed by atoms with Gasteiger partial charge in [0.05, 0.1) is 18.4 Å². The summed E-state index contributed by atoms with van der Waals surface area (Å²) in [5.41, 5.74) is 0.113. The minimum absolute atomic E-state index is 0.385. The summed E-state index contributed by atoms with van der Waals surface area (Å²) in [5.74, 6) is 1.14. The summed E-state index contributed by atoms with van der Waals surface area (Å²) < 4.78 is 5.52. The molecule has 16 heavy (non-hydrogen) atoms. The molecule has 0 bridgehead atoms. The summed E-state index contributed by atoms with van der Waals surface area (Å²) in [5, 5.41) is 10.4. The third-order valence-corrected chi connectivity index (χ3v) is 3.14. The van der Waals surface area contributed by atoms with Crippen LogP contribution in [0.3, 0.4) is 0 Å². The predicted molar refractivity (Wildman–Crippen MR) is 62.3 cm³/mol. The zero-order valence-electron chi connectivity index (χ0n) is 9.94. The summed E-state index contributed by atoms with van der Waals surface area (Å²) in [6, 6.07) is 1.90. The summed E-state index contributed by atoms with van der Waals surface area (Å²) in [4.78, 5) is 4.13. The van der Waals surface area contributed by atoms with E-state index in [2.05, 4.69) is 11.9 Å². The Morgan fingerprint density at radius 1 is 1.50 bits per heavy atom. The minimum atomic E-state index is -0.751. The van der Waals surface area contributed by atoms with E-state index in [0.29, 0.717) is 12.5 Å². The monoisotopic (exact) mass is 221 g/mol. The predicted octanol–water partition coefficient (Wildman–Crippen LogP) is 2.49. The molecule has 1 saturated carbocycles. The molecule has 0 aromatic carbocycles. The van der Waals surface area contributed by atoms with Crippen molar-refractivity contribution < 1.29 is 9.84 Å². The Morgan fingerprint density at radius 3 is 2.88 bits per heavy atom. The second kappa shape index (κ2) is 4.42. The van der Waals surface area contributed by atoms with Gasteiger partial charge in [-0.25, -0.2) is 0 Å². The zero-order chi connectivity index (χ0) is 11.6. The smallest absolute Gasteiger partial charge is 0.137 e. The van der Waals surface area contributed by atoms with Gasteiger partial charge in [0, 0.05) is 11.8 Å². The van der Waals surface area contributed by atoms with E-state index in [0.717, 1.165) is 30.6 Å². The Bertz CT molecular complexity index is 359. The molecule has 1 atom stereocenters. The molecule has 2 rings (SSSR count). The maximum atomic E-state index is 10.4. The lowest BCUT2D eigenvalue weighted by molar-refractivity contribution is 0.0324. The summed E-state index contributed by atoms with van der Waals surface area (Å²) >= 11 is 0. The van der Waals surface area contributed by atoms with E-state index in [1.54, 1.807) is 12.4 Å². The van der Waals surface area contributed by atoms with Gasteiger partial charge >= 0.3 is 0 Å². The van der Waals surface area contributed by atoms with Crippen molar-refractivity contribution in [1.82, 2.24) is 4.98 Å². The fourth-order valence-electron chi connectivity index (χ4n) is 1.88. The Kier molecular flexibility index (Phi) is 3.15. The van der Waals surface area contributed by atoms with Gasteiger partial charge in [0.2, 0.25) is 0 Å². The molecule has 0 spiro atoms. The van der Waals surface area contributed by atoms with Crippen LogP contribution in [0.2, 0.25) is 0 Å². The second-order valence-electron chi connectivity index (χ2n) is 4.68. The first-order valence-corrected chi connectivity index (χ1v) is 5.95. The summed E-state index contributed by atoms with van der Waals surface area (Å²) in [7, 11) is 0. The van der Waals surface area contributed by atoms with E-state index in [1.165, 1.54) is 0 Å². The van der Waals surface area contributed by atoms with Gasteiger partial charge in [-0.3, -0.25) is 4.98 Å². The molecule has 1 heterocycles. The van der Waals surface area contributed by atoms with Gasteiger partial charge in [-0.2, -0.15) is 0 Å². The molecular weight excluding hydrogens is 202 g/mol. The first kappa shape index (κ1) is 11.4. The van der Waals surface area contributed by atoms with Crippen LogP contribution in [-0.2, 0) is 5.60 Å². The van der Waals surface area contributed by atoms with Crippen LogP contribution in [0, 0.1) is 5.92 Å². The average molecular weight is 221 g/mol. The quantitative estimate of drug-likeness (QED) is 0.830. The van der Waals surface area contributed by atoms with Gasteiger partial charge < -0.3 is 9.84 Å². The van der Waals surface area contributed by atoms with Gasteiger partial charge in [0.15, 0.2) is 0 Å². The first-order valence-electron chi connectivity index (χ1n) is 5.95.